The van der Waals surface area contributed by atoms with Crippen LogP contribution in [0.5, 0.6) is 0 Å². The molecule has 0 amide bonds. The van der Waals surface area contributed by atoms with Crippen molar-refractivity contribution in [1.82, 2.24) is 0 Å². The van der Waals surface area contributed by atoms with Crippen molar-refractivity contribution < 1.29 is 18.4 Å². The van der Waals surface area contributed by atoms with Gasteiger partial charge in [-0.25, -0.2) is 4.79 Å². The molecule has 0 bridgehead atoms. The Morgan fingerprint density at radius 1 is 1.38 bits per heavy atom. The van der Waals surface area contributed by atoms with Crippen LogP contribution in [0.25, 0.3) is 0 Å². The van der Waals surface area contributed by atoms with Crippen LogP contribution in [0.2, 0.25) is 0 Å². The van der Waals surface area contributed by atoms with Crippen LogP contribution in [-0.2, 0) is 18.4 Å². The Balaban J connectivity index is 4.04. The van der Waals surface area contributed by atoms with Crippen LogP contribution in [0.4, 0.5) is 0 Å². The Bertz CT molecular complexity index is 189. The van der Waals surface area contributed by atoms with Crippen LogP contribution in [0.15, 0.2) is 12.2 Å². The van der Waals surface area contributed by atoms with E-state index >= 15 is 0 Å². The lowest BCUT2D eigenvalue weighted by molar-refractivity contribution is -0.141. The number of hydrogen-bond donors (Lipinski definition) is 0. The maximum Gasteiger partial charge on any atom is 0.363 e. The molecule has 1 atom stereocenters. The Morgan fingerprint density at radius 2 is 1.85 bits per heavy atom. The first-order valence-corrected chi connectivity index (χ1v) is 5.56. The van der Waals surface area contributed by atoms with Crippen molar-refractivity contribution in [2.45, 2.75) is 19.6 Å². The van der Waals surface area contributed by atoms with E-state index in [-0.39, 0.29) is 5.73 Å². The van der Waals surface area contributed by atoms with E-state index in [1.165, 1.54) is 0 Å². The summed E-state index contributed by atoms with van der Waals surface area (Å²) in [4.78, 5) is 11.1. The minimum Gasteiger partial charge on any atom is -0.458 e. The molecule has 0 aliphatic heterocycles. The average Bonchev–Trinajstić information content (AvgIpc) is 2.06. The van der Waals surface area contributed by atoms with Gasteiger partial charge in [0.1, 0.15) is 5.73 Å². The zero-order valence-electron chi connectivity index (χ0n) is 8.49. The first-order chi connectivity index (χ1) is 6.02. The Hall–Kier alpha value is -0.653. The third-order valence-electron chi connectivity index (χ3n) is 1.49. The molecule has 0 fully saturated rings. The van der Waals surface area contributed by atoms with Crippen LogP contribution in [0, 0.1) is 0 Å². The van der Waals surface area contributed by atoms with Gasteiger partial charge in [0, 0.05) is 19.8 Å². The van der Waals surface area contributed by atoms with Crippen molar-refractivity contribution in [3.63, 3.8) is 0 Å². The summed E-state index contributed by atoms with van der Waals surface area (Å²) in [5, 5.41) is 0. The summed E-state index contributed by atoms with van der Waals surface area (Å²) in [5.41, 5.74) is 0.0750. The Kier molecular flexibility index (Phi) is 5.61. The second-order valence-corrected chi connectivity index (χ2v) is 5.35. The van der Waals surface area contributed by atoms with Crippen LogP contribution < -0.4 is 0 Å². The molecule has 0 N–H and O–H groups in total. The Labute approximate surface area is 80.3 Å². The maximum atomic E-state index is 11.1. The van der Waals surface area contributed by atoms with Gasteiger partial charge in [0.25, 0.3) is 0 Å². The van der Waals surface area contributed by atoms with Crippen LogP contribution in [0.1, 0.15) is 13.8 Å². The summed E-state index contributed by atoms with van der Waals surface area (Å²) >= 11 is 0. The predicted molar refractivity (Wildman–Crippen MR) is 51.5 cm³/mol. The van der Waals surface area contributed by atoms with Gasteiger partial charge in [0.15, 0.2) is 0 Å². The lowest BCUT2D eigenvalue weighted by Gasteiger charge is -2.18. The number of esters is 1. The van der Waals surface area contributed by atoms with Crippen molar-refractivity contribution in [2.75, 3.05) is 14.2 Å². The molecule has 1 unspecified atom stereocenters. The molecule has 0 radical (unpaired) electrons. The number of ether oxygens (including phenoxy) is 1. The van der Waals surface area contributed by atoms with E-state index in [0.717, 1.165) is 0 Å². The van der Waals surface area contributed by atoms with Gasteiger partial charge >= 0.3 is 15.3 Å². The number of carbonyl (C=O) groups is 1. The third-order valence-corrected chi connectivity index (χ3v) is 3.32. The van der Waals surface area contributed by atoms with Crippen molar-refractivity contribution in [2.24, 2.45) is 0 Å². The van der Waals surface area contributed by atoms with E-state index in [1.807, 2.05) is 0 Å². The monoisotopic (exact) mass is 204 g/mol. The number of carbonyl (C=O) groups excluding carboxylic acids is 1. The number of hydrogen-bond acceptors (Lipinski definition) is 4. The van der Waals surface area contributed by atoms with Crippen LogP contribution in [0.3, 0.4) is 0 Å². The molecule has 0 aromatic rings. The second-order valence-electron chi connectivity index (χ2n) is 2.73. The Morgan fingerprint density at radius 3 is 2.15 bits per heavy atom. The minimum atomic E-state index is -1.87. The molecule has 0 aromatic heterocycles. The molecular formula is C8H16O4Si. The smallest absolute Gasteiger partial charge is 0.363 e. The molecule has 4 nitrogen and oxygen atoms in total. The van der Waals surface area contributed by atoms with Gasteiger partial charge in [-0.1, -0.05) is 6.58 Å². The molecule has 0 saturated carbocycles. The quantitative estimate of drug-likeness (QED) is 0.372. The molecule has 0 aliphatic rings. The molecule has 0 aliphatic carbocycles. The molecule has 5 heteroatoms. The van der Waals surface area contributed by atoms with Crippen LogP contribution >= 0.6 is 0 Å². The van der Waals surface area contributed by atoms with Gasteiger partial charge in [0.05, 0.1) is 0 Å². The second kappa shape index (κ2) is 5.90. The van der Waals surface area contributed by atoms with E-state index in [1.54, 1.807) is 28.1 Å². The lowest BCUT2D eigenvalue weighted by Crippen LogP contribution is -2.36. The summed E-state index contributed by atoms with van der Waals surface area (Å²) in [6.07, 6.45) is 0. The van der Waals surface area contributed by atoms with E-state index in [2.05, 4.69) is 6.58 Å². The molecule has 13 heavy (non-hydrogen) atoms. The van der Waals surface area contributed by atoms with E-state index in [0.29, 0.717) is 5.57 Å². The summed E-state index contributed by atoms with van der Waals surface area (Å²) in [7, 11) is 1.23. The third kappa shape index (κ3) is 4.21. The highest BCUT2D eigenvalue weighted by molar-refractivity contribution is 6.46. The van der Waals surface area contributed by atoms with Gasteiger partial charge in [-0.2, -0.15) is 0 Å². The topological polar surface area (TPSA) is 44.8 Å². The van der Waals surface area contributed by atoms with Gasteiger partial charge in [-0.15, -0.1) is 0 Å². The highest BCUT2D eigenvalue weighted by Crippen LogP contribution is 2.02. The van der Waals surface area contributed by atoms with Gasteiger partial charge in [0.2, 0.25) is 0 Å². The molecule has 0 rings (SSSR count). The average molecular weight is 204 g/mol. The number of rotatable bonds is 5. The standard InChI is InChI=1S/C8H16O4Si/c1-6(2)8(9)12-7(3)13(10-4)11-5/h7,13H,1H2,2-5H3. The maximum absolute atomic E-state index is 11.1. The fraction of sp³-hybridized carbons (Fsp3) is 0.625. The van der Waals surface area contributed by atoms with Crippen molar-refractivity contribution in [1.29, 1.82) is 0 Å². The largest absolute Gasteiger partial charge is 0.458 e. The molecule has 0 aromatic carbocycles. The summed E-state index contributed by atoms with van der Waals surface area (Å²) in [6, 6.07) is 0. The minimum absolute atomic E-state index is 0.306. The molecular weight excluding hydrogens is 188 g/mol. The summed E-state index contributed by atoms with van der Waals surface area (Å²) in [6.45, 7) is 6.84. The first-order valence-electron chi connectivity index (χ1n) is 3.95. The van der Waals surface area contributed by atoms with E-state index in [9.17, 15) is 4.79 Å². The van der Waals surface area contributed by atoms with Gasteiger partial charge in [-0.3, -0.25) is 0 Å². The normalized spacial score (nSPS) is 12.7. The zero-order chi connectivity index (χ0) is 10.4. The van der Waals surface area contributed by atoms with E-state index < -0.39 is 15.3 Å². The summed E-state index contributed by atoms with van der Waals surface area (Å²) in [5.74, 6) is -0.404. The van der Waals surface area contributed by atoms with E-state index in [4.69, 9.17) is 13.6 Å². The summed E-state index contributed by atoms with van der Waals surface area (Å²) < 4.78 is 15.1. The zero-order valence-corrected chi connectivity index (χ0v) is 9.65. The lowest BCUT2D eigenvalue weighted by atomic mass is 10.4. The fourth-order valence-corrected chi connectivity index (χ4v) is 2.00. The fourth-order valence-electron chi connectivity index (χ4n) is 0.804. The first kappa shape index (κ1) is 12.3. The van der Waals surface area contributed by atoms with Crippen molar-refractivity contribution >= 4 is 15.3 Å². The van der Waals surface area contributed by atoms with Crippen molar-refractivity contribution in [3.8, 4) is 0 Å². The molecule has 0 heterocycles. The molecule has 0 spiro atoms. The van der Waals surface area contributed by atoms with Gasteiger partial charge in [-0.05, 0) is 13.8 Å². The highest BCUT2D eigenvalue weighted by Gasteiger charge is 2.23. The van der Waals surface area contributed by atoms with Gasteiger partial charge < -0.3 is 13.6 Å². The molecule has 76 valence electrons. The molecule has 0 saturated heterocycles. The van der Waals surface area contributed by atoms with Crippen LogP contribution in [-0.4, -0.2) is 35.2 Å². The predicted octanol–water partition coefficient (Wildman–Crippen LogP) is 0.547. The SMILES string of the molecule is C=C(C)C(=O)OC(C)[SiH](OC)OC. The van der Waals surface area contributed by atoms with Crippen molar-refractivity contribution in [3.05, 3.63) is 12.2 Å². The highest BCUT2D eigenvalue weighted by atomic mass is 28.3.